The van der Waals surface area contributed by atoms with Crippen LogP contribution in [0.4, 0.5) is 0 Å². The van der Waals surface area contributed by atoms with E-state index in [2.05, 4.69) is 23.4 Å². The molecule has 0 saturated heterocycles. The molecule has 0 radical (unpaired) electrons. The fourth-order valence-corrected chi connectivity index (χ4v) is 2.24. The summed E-state index contributed by atoms with van der Waals surface area (Å²) in [5, 5.41) is 17.6. The molecule has 0 bridgehead atoms. The van der Waals surface area contributed by atoms with Gasteiger partial charge in [-0.25, -0.2) is 0 Å². The Balaban J connectivity index is 2.35. The number of hydrogen-bond donors (Lipinski definition) is 1. The van der Waals surface area contributed by atoms with Crippen LogP contribution in [-0.2, 0) is 12.1 Å². The number of nitrogens with one attached hydrogen (secondary N) is 1. The van der Waals surface area contributed by atoms with Gasteiger partial charge < -0.3 is 0 Å². The molecule has 4 nitrogen and oxygen atoms in total. The number of benzene rings is 1. The second kappa shape index (κ2) is 6.36. The van der Waals surface area contributed by atoms with Crippen LogP contribution in [0.5, 0.6) is 0 Å². The number of nitriles is 1. The van der Waals surface area contributed by atoms with Crippen LogP contribution in [-0.4, -0.2) is 16.3 Å². The second-order valence-corrected chi connectivity index (χ2v) is 4.96. The van der Waals surface area contributed by atoms with Gasteiger partial charge in [0.25, 0.3) is 0 Å². The van der Waals surface area contributed by atoms with Gasteiger partial charge in [-0.1, -0.05) is 37.3 Å². The van der Waals surface area contributed by atoms with Crippen LogP contribution in [0.2, 0.25) is 0 Å². The van der Waals surface area contributed by atoms with Gasteiger partial charge in [0.2, 0.25) is 0 Å². The molecule has 0 spiro atoms. The third-order valence-corrected chi connectivity index (χ3v) is 3.31. The molecular formula is C16H20N4. The fourth-order valence-electron chi connectivity index (χ4n) is 2.24. The minimum Gasteiger partial charge on any atom is -0.294 e. The smallest absolute Gasteiger partial charge is 0.152 e. The van der Waals surface area contributed by atoms with Gasteiger partial charge in [0.05, 0.1) is 18.3 Å². The molecular weight excluding hydrogens is 248 g/mol. The Morgan fingerprint density at radius 1 is 1.30 bits per heavy atom. The van der Waals surface area contributed by atoms with Gasteiger partial charge in [0.1, 0.15) is 0 Å². The molecule has 4 heteroatoms. The van der Waals surface area contributed by atoms with Crippen LogP contribution in [0, 0.1) is 18.3 Å². The minimum atomic E-state index is -0.740. The van der Waals surface area contributed by atoms with E-state index in [-0.39, 0.29) is 0 Å². The average Bonchev–Trinajstić information content (AvgIpc) is 2.89. The Morgan fingerprint density at radius 3 is 2.60 bits per heavy atom. The lowest BCUT2D eigenvalue weighted by Gasteiger charge is -2.28. The maximum atomic E-state index is 9.77. The summed E-state index contributed by atoms with van der Waals surface area (Å²) in [6.45, 7) is 5.34. The maximum absolute atomic E-state index is 9.77. The van der Waals surface area contributed by atoms with E-state index < -0.39 is 5.54 Å². The highest BCUT2D eigenvalue weighted by Crippen LogP contribution is 2.22. The average molecular weight is 268 g/mol. The van der Waals surface area contributed by atoms with Crippen molar-refractivity contribution in [3.8, 4) is 6.07 Å². The first-order valence-electron chi connectivity index (χ1n) is 6.92. The molecule has 1 unspecified atom stereocenters. The third kappa shape index (κ3) is 3.06. The highest BCUT2D eigenvalue weighted by atomic mass is 15.3. The predicted molar refractivity (Wildman–Crippen MR) is 79.0 cm³/mol. The number of aryl methyl sites for hydroxylation is 1. The summed E-state index contributed by atoms with van der Waals surface area (Å²) in [5.74, 6) is 0. The molecule has 2 aromatic rings. The van der Waals surface area contributed by atoms with E-state index in [0.29, 0.717) is 6.54 Å². The number of nitrogens with zero attached hydrogens (tertiary/aromatic N) is 3. The molecule has 0 aliphatic carbocycles. The maximum Gasteiger partial charge on any atom is 0.152 e. The fraction of sp³-hybridized carbons (Fsp3) is 0.375. The van der Waals surface area contributed by atoms with Crippen LogP contribution < -0.4 is 5.32 Å². The van der Waals surface area contributed by atoms with Gasteiger partial charge in [-0.05, 0) is 31.5 Å². The number of aromatic nitrogens is 2. The van der Waals surface area contributed by atoms with Gasteiger partial charge >= 0.3 is 0 Å². The van der Waals surface area contributed by atoms with Gasteiger partial charge in [-0.2, -0.15) is 10.4 Å². The molecule has 1 atom stereocenters. The van der Waals surface area contributed by atoms with Crippen molar-refractivity contribution in [2.24, 2.45) is 0 Å². The molecule has 1 aromatic carbocycles. The first-order valence-corrected chi connectivity index (χ1v) is 6.92. The molecule has 0 fully saturated rings. The highest BCUT2D eigenvalue weighted by Gasteiger charge is 2.32. The van der Waals surface area contributed by atoms with Crippen molar-refractivity contribution >= 4 is 0 Å². The van der Waals surface area contributed by atoms with E-state index in [4.69, 9.17) is 0 Å². The summed E-state index contributed by atoms with van der Waals surface area (Å²) >= 11 is 0. The van der Waals surface area contributed by atoms with Gasteiger partial charge in [0, 0.05) is 6.20 Å². The first kappa shape index (κ1) is 14.3. The SMILES string of the molecule is CCCNC(C#N)(Cn1ccc(C)n1)c1ccccc1. The molecule has 1 heterocycles. The molecule has 0 amide bonds. The Bertz CT molecular complexity index is 582. The highest BCUT2D eigenvalue weighted by molar-refractivity contribution is 5.31. The van der Waals surface area contributed by atoms with Crippen molar-refractivity contribution in [1.82, 2.24) is 15.1 Å². The topological polar surface area (TPSA) is 53.6 Å². The summed E-state index contributed by atoms with van der Waals surface area (Å²) in [7, 11) is 0. The molecule has 104 valence electrons. The van der Waals surface area contributed by atoms with Crippen molar-refractivity contribution in [3.05, 3.63) is 53.9 Å². The lowest BCUT2D eigenvalue weighted by Crippen LogP contribution is -2.45. The van der Waals surface area contributed by atoms with E-state index in [1.807, 2.05) is 54.2 Å². The zero-order chi connectivity index (χ0) is 14.4. The first-order chi connectivity index (χ1) is 9.70. The summed E-state index contributed by atoms with van der Waals surface area (Å²) in [6, 6.07) is 14.3. The molecule has 1 N–H and O–H groups in total. The van der Waals surface area contributed by atoms with E-state index in [9.17, 15) is 5.26 Å². The zero-order valence-corrected chi connectivity index (χ0v) is 12.0. The van der Waals surface area contributed by atoms with Crippen LogP contribution in [0.15, 0.2) is 42.6 Å². The molecule has 1 aromatic heterocycles. The normalized spacial score (nSPS) is 13.7. The summed E-state index contributed by atoms with van der Waals surface area (Å²) in [5.41, 5.74) is 1.19. The van der Waals surface area contributed by atoms with Gasteiger partial charge in [-0.3, -0.25) is 10.00 Å². The van der Waals surface area contributed by atoms with Gasteiger partial charge in [-0.15, -0.1) is 0 Å². The van der Waals surface area contributed by atoms with Crippen molar-refractivity contribution in [3.63, 3.8) is 0 Å². The second-order valence-electron chi connectivity index (χ2n) is 4.96. The van der Waals surface area contributed by atoms with Crippen molar-refractivity contribution in [2.45, 2.75) is 32.4 Å². The molecule has 2 rings (SSSR count). The van der Waals surface area contributed by atoms with Crippen LogP contribution in [0.25, 0.3) is 0 Å². The molecule has 0 aliphatic heterocycles. The Labute approximate surface area is 120 Å². The van der Waals surface area contributed by atoms with Crippen LogP contribution in [0.3, 0.4) is 0 Å². The van der Waals surface area contributed by atoms with Crippen molar-refractivity contribution in [2.75, 3.05) is 6.54 Å². The minimum absolute atomic E-state index is 0.501. The van der Waals surface area contributed by atoms with Crippen LogP contribution in [0.1, 0.15) is 24.6 Å². The zero-order valence-electron chi connectivity index (χ0n) is 12.0. The number of hydrogen-bond acceptors (Lipinski definition) is 3. The van der Waals surface area contributed by atoms with Crippen molar-refractivity contribution in [1.29, 1.82) is 5.26 Å². The number of rotatable bonds is 6. The summed E-state index contributed by atoms with van der Waals surface area (Å²) in [4.78, 5) is 0. The standard InChI is InChI=1S/C16H20N4/c1-3-10-18-16(12-17,15-7-5-4-6-8-15)13-20-11-9-14(2)19-20/h4-9,11,18H,3,10,13H2,1-2H3. The van der Waals surface area contributed by atoms with E-state index in [1.54, 1.807) is 0 Å². The lowest BCUT2D eigenvalue weighted by molar-refractivity contribution is 0.351. The van der Waals surface area contributed by atoms with Crippen molar-refractivity contribution < 1.29 is 0 Å². The Kier molecular flexibility index (Phi) is 4.54. The Hall–Kier alpha value is -2.12. The molecule has 0 aliphatic rings. The summed E-state index contributed by atoms with van der Waals surface area (Å²) in [6.07, 6.45) is 2.90. The monoisotopic (exact) mass is 268 g/mol. The van der Waals surface area contributed by atoms with E-state index in [0.717, 1.165) is 24.2 Å². The van der Waals surface area contributed by atoms with Gasteiger partial charge in [0.15, 0.2) is 5.54 Å². The van der Waals surface area contributed by atoms with Crippen LogP contribution >= 0.6 is 0 Å². The Morgan fingerprint density at radius 2 is 2.05 bits per heavy atom. The lowest BCUT2D eigenvalue weighted by atomic mass is 9.91. The quantitative estimate of drug-likeness (QED) is 0.876. The largest absolute Gasteiger partial charge is 0.294 e. The van der Waals surface area contributed by atoms with E-state index in [1.165, 1.54) is 0 Å². The third-order valence-electron chi connectivity index (χ3n) is 3.31. The molecule has 0 saturated carbocycles. The van der Waals surface area contributed by atoms with E-state index >= 15 is 0 Å². The predicted octanol–water partition coefficient (Wildman–Crippen LogP) is 2.61. The summed E-state index contributed by atoms with van der Waals surface area (Å²) < 4.78 is 1.83. The molecule has 20 heavy (non-hydrogen) atoms.